The van der Waals surface area contributed by atoms with Crippen molar-refractivity contribution in [2.45, 2.75) is 0 Å². The van der Waals surface area contributed by atoms with E-state index in [1.54, 1.807) is 0 Å². The molecule has 10 aromatic carbocycles. The largest absolute Gasteiger partial charge is 0.455 e. The molecule has 0 aliphatic carbocycles. The summed E-state index contributed by atoms with van der Waals surface area (Å²) in [5.74, 6) is 0. The highest BCUT2D eigenvalue weighted by atomic mass is 16.3. The first-order valence-corrected chi connectivity index (χ1v) is 19.8. The minimum atomic E-state index is 0.893. The molecule has 2 nitrogen and oxygen atoms in total. The molecule has 58 heavy (non-hydrogen) atoms. The van der Waals surface area contributed by atoms with Crippen LogP contribution in [-0.4, -0.2) is 0 Å². The fourth-order valence-electron chi connectivity index (χ4n) is 8.51. The minimum absolute atomic E-state index is 0.893. The number of rotatable bonds is 7. The molecule has 0 fully saturated rings. The normalized spacial score (nSPS) is 11.4. The van der Waals surface area contributed by atoms with Crippen molar-refractivity contribution in [2.75, 3.05) is 4.90 Å². The molecule has 0 aliphatic heterocycles. The summed E-state index contributed by atoms with van der Waals surface area (Å²) in [6.07, 6.45) is 0. The van der Waals surface area contributed by atoms with Gasteiger partial charge in [-0.1, -0.05) is 170 Å². The van der Waals surface area contributed by atoms with Crippen LogP contribution in [0, 0.1) is 0 Å². The number of benzene rings is 10. The number of hydrogen-bond acceptors (Lipinski definition) is 2. The van der Waals surface area contributed by atoms with E-state index in [1.165, 1.54) is 43.8 Å². The van der Waals surface area contributed by atoms with Crippen molar-refractivity contribution in [2.24, 2.45) is 0 Å². The Kier molecular flexibility index (Phi) is 8.19. The van der Waals surface area contributed by atoms with Gasteiger partial charge in [-0.2, -0.15) is 0 Å². The Labute approximate surface area is 337 Å². The number of para-hydroxylation sites is 1. The molecule has 0 bridgehead atoms. The van der Waals surface area contributed by atoms with Crippen LogP contribution in [0.3, 0.4) is 0 Å². The van der Waals surface area contributed by atoms with Gasteiger partial charge in [-0.25, -0.2) is 0 Å². The molecule has 0 saturated heterocycles. The Morgan fingerprint density at radius 3 is 1.55 bits per heavy atom. The Hall–Kier alpha value is -7.68. The van der Waals surface area contributed by atoms with Crippen molar-refractivity contribution in [3.8, 4) is 44.5 Å². The Morgan fingerprint density at radius 1 is 0.276 bits per heavy atom. The van der Waals surface area contributed by atoms with Crippen LogP contribution in [0.2, 0.25) is 0 Å². The molecule has 11 aromatic rings. The van der Waals surface area contributed by atoms with Gasteiger partial charge in [0, 0.05) is 33.4 Å². The molecular formula is C56H37NO. The molecule has 272 valence electrons. The SMILES string of the molecule is c1ccc(-c2ccc3cccc(-c4ccc(N(c5ccc(-c6ccc7oc8c(-c9ccccc9)cccc8c7c6)cc5)c5ccc6ccccc6c5)cc4)c3c2)cc1. The lowest BCUT2D eigenvalue weighted by Crippen LogP contribution is -2.09. The van der Waals surface area contributed by atoms with Gasteiger partial charge < -0.3 is 9.32 Å². The molecule has 0 aliphatic rings. The number of hydrogen-bond donors (Lipinski definition) is 0. The van der Waals surface area contributed by atoms with Gasteiger partial charge in [0.25, 0.3) is 0 Å². The first-order valence-electron chi connectivity index (χ1n) is 19.8. The summed E-state index contributed by atoms with van der Waals surface area (Å²) in [5.41, 5.74) is 14.5. The van der Waals surface area contributed by atoms with Gasteiger partial charge in [0.1, 0.15) is 11.2 Å². The monoisotopic (exact) mass is 739 g/mol. The maximum Gasteiger partial charge on any atom is 0.143 e. The third-order valence-corrected chi connectivity index (χ3v) is 11.5. The third-order valence-electron chi connectivity index (χ3n) is 11.5. The first-order chi connectivity index (χ1) is 28.7. The lowest BCUT2D eigenvalue weighted by atomic mass is 9.94. The average molecular weight is 740 g/mol. The van der Waals surface area contributed by atoms with Crippen molar-refractivity contribution < 1.29 is 4.42 Å². The van der Waals surface area contributed by atoms with E-state index in [0.717, 1.165) is 61.3 Å². The highest BCUT2D eigenvalue weighted by molar-refractivity contribution is 6.10. The molecule has 0 atom stereocenters. The second-order valence-electron chi connectivity index (χ2n) is 14.9. The van der Waals surface area contributed by atoms with Gasteiger partial charge in [-0.05, 0) is 115 Å². The van der Waals surface area contributed by atoms with Crippen LogP contribution in [0.5, 0.6) is 0 Å². The second kappa shape index (κ2) is 14.1. The molecule has 0 spiro atoms. The van der Waals surface area contributed by atoms with Crippen LogP contribution in [0.1, 0.15) is 0 Å². The quantitative estimate of drug-likeness (QED) is 0.162. The second-order valence-corrected chi connectivity index (χ2v) is 14.9. The highest BCUT2D eigenvalue weighted by Gasteiger charge is 2.16. The Balaban J connectivity index is 0.970. The fraction of sp³-hybridized carbons (Fsp3) is 0. The Bertz CT molecular complexity index is 3250. The molecule has 11 rings (SSSR count). The van der Waals surface area contributed by atoms with Gasteiger partial charge in [0.05, 0.1) is 0 Å². The molecule has 0 N–H and O–H groups in total. The number of furan rings is 1. The molecule has 0 radical (unpaired) electrons. The summed E-state index contributed by atoms with van der Waals surface area (Å²) >= 11 is 0. The van der Waals surface area contributed by atoms with Gasteiger partial charge in [-0.3, -0.25) is 0 Å². The van der Waals surface area contributed by atoms with E-state index in [1.807, 2.05) is 6.07 Å². The molecule has 0 unspecified atom stereocenters. The fourth-order valence-corrected chi connectivity index (χ4v) is 8.51. The van der Waals surface area contributed by atoms with Gasteiger partial charge in [-0.15, -0.1) is 0 Å². The minimum Gasteiger partial charge on any atom is -0.455 e. The van der Waals surface area contributed by atoms with Crippen molar-refractivity contribution in [3.63, 3.8) is 0 Å². The lowest BCUT2D eigenvalue weighted by molar-refractivity contribution is 0.670. The van der Waals surface area contributed by atoms with Gasteiger partial charge >= 0.3 is 0 Å². The van der Waals surface area contributed by atoms with E-state index in [2.05, 4.69) is 223 Å². The molecule has 1 aromatic heterocycles. The van der Waals surface area contributed by atoms with Crippen LogP contribution in [-0.2, 0) is 0 Å². The van der Waals surface area contributed by atoms with E-state index in [-0.39, 0.29) is 0 Å². The smallest absolute Gasteiger partial charge is 0.143 e. The zero-order valence-electron chi connectivity index (χ0n) is 31.7. The molecule has 2 heteroatoms. The van der Waals surface area contributed by atoms with E-state index < -0.39 is 0 Å². The molecule has 0 saturated carbocycles. The number of fused-ring (bicyclic) bond motifs is 5. The summed E-state index contributed by atoms with van der Waals surface area (Å²) in [6, 6.07) is 80.6. The van der Waals surface area contributed by atoms with Gasteiger partial charge in [0.2, 0.25) is 0 Å². The zero-order chi connectivity index (χ0) is 38.4. The van der Waals surface area contributed by atoms with Crippen LogP contribution < -0.4 is 4.90 Å². The van der Waals surface area contributed by atoms with E-state index in [0.29, 0.717) is 0 Å². The summed E-state index contributed by atoms with van der Waals surface area (Å²) in [6.45, 7) is 0. The van der Waals surface area contributed by atoms with Crippen LogP contribution in [0.4, 0.5) is 17.1 Å². The molecule has 1 heterocycles. The van der Waals surface area contributed by atoms with E-state index in [4.69, 9.17) is 4.42 Å². The first kappa shape index (κ1) is 33.6. The van der Waals surface area contributed by atoms with Crippen LogP contribution in [0.25, 0.3) is 88.0 Å². The lowest BCUT2D eigenvalue weighted by Gasteiger charge is -2.26. The van der Waals surface area contributed by atoms with E-state index >= 15 is 0 Å². The summed E-state index contributed by atoms with van der Waals surface area (Å²) < 4.78 is 6.48. The standard InChI is InChI=1S/C56H37NO/c1-3-11-38(12-4-1)45-22-21-42-17-9-18-50(53(42)36-45)43-26-31-48(32-27-43)57(49-33-25-39-13-7-8-16-44(39)35-49)47-29-23-40(24-30-47)46-28-34-55-54(37-46)52-20-10-19-51(56(52)58-55)41-14-5-2-6-15-41/h1-37H. The highest BCUT2D eigenvalue weighted by Crippen LogP contribution is 2.41. The maximum atomic E-state index is 6.48. The van der Waals surface area contributed by atoms with Crippen molar-refractivity contribution >= 4 is 60.5 Å². The van der Waals surface area contributed by atoms with Crippen LogP contribution >= 0.6 is 0 Å². The maximum absolute atomic E-state index is 6.48. The van der Waals surface area contributed by atoms with Crippen molar-refractivity contribution in [3.05, 3.63) is 224 Å². The number of anilines is 3. The summed E-state index contributed by atoms with van der Waals surface area (Å²) in [5, 5.41) is 7.16. The van der Waals surface area contributed by atoms with Crippen LogP contribution in [0.15, 0.2) is 229 Å². The third kappa shape index (κ3) is 6.00. The molecular weight excluding hydrogens is 703 g/mol. The predicted octanol–water partition coefficient (Wildman–Crippen LogP) is 16.0. The summed E-state index contributed by atoms with van der Waals surface area (Å²) in [4.78, 5) is 2.36. The topological polar surface area (TPSA) is 16.4 Å². The Morgan fingerprint density at radius 2 is 0.793 bits per heavy atom. The van der Waals surface area contributed by atoms with Crippen molar-refractivity contribution in [1.82, 2.24) is 0 Å². The predicted molar refractivity (Wildman–Crippen MR) is 245 cm³/mol. The zero-order valence-corrected chi connectivity index (χ0v) is 31.7. The average Bonchev–Trinajstić information content (AvgIpc) is 3.68. The molecule has 0 amide bonds. The van der Waals surface area contributed by atoms with E-state index in [9.17, 15) is 0 Å². The van der Waals surface area contributed by atoms with Gasteiger partial charge in [0.15, 0.2) is 0 Å². The number of nitrogens with zero attached hydrogens (tertiary/aromatic N) is 1. The summed E-state index contributed by atoms with van der Waals surface area (Å²) in [7, 11) is 0. The van der Waals surface area contributed by atoms with Crippen molar-refractivity contribution in [1.29, 1.82) is 0 Å².